The summed E-state index contributed by atoms with van der Waals surface area (Å²) in [6, 6.07) is 13.9. The molecule has 0 fully saturated rings. The number of nitrogens with one attached hydrogen (secondary N) is 1. The van der Waals surface area contributed by atoms with Crippen LogP contribution in [0.25, 0.3) is 33.2 Å². The molecule has 0 aliphatic heterocycles. The maximum Gasteiger partial charge on any atom is 0.266 e. The summed E-state index contributed by atoms with van der Waals surface area (Å²) in [5.74, 6) is -0.163. The first-order chi connectivity index (χ1) is 12.6. The SMILES string of the molecule is C=CCn1c(=O)c(-c2nc3ccccc3c(=O)[nH]2)c(O)c2ccccc21. The van der Waals surface area contributed by atoms with Crippen LogP contribution >= 0.6 is 0 Å². The highest BCUT2D eigenvalue weighted by molar-refractivity contribution is 5.91. The Morgan fingerprint density at radius 1 is 1.08 bits per heavy atom. The van der Waals surface area contributed by atoms with Crippen molar-refractivity contribution in [2.24, 2.45) is 0 Å². The van der Waals surface area contributed by atoms with E-state index in [4.69, 9.17) is 0 Å². The van der Waals surface area contributed by atoms with E-state index in [-0.39, 0.29) is 29.2 Å². The molecule has 2 aromatic heterocycles. The van der Waals surface area contributed by atoms with E-state index < -0.39 is 5.56 Å². The first kappa shape index (κ1) is 15.8. The average Bonchev–Trinajstić information content (AvgIpc) is 2.65. The van der Waals surface area contributed by atoms with Gasteiger partial charge in [0.15, 0.2) is 0 Å². The van der Waals surface area contributed by atoms with Crippen LogP contribution in [-0.2, 0) is 6.54 Å². The van der Waals surface area contributed by atoms with Crippen LogP contribution in [0, 0.1) is 0 Å². The molecule has 4 aromatic rings. The number of fused-ring (bicyclic) bond motifs is 2. The van der Waals surface area contributed by atoms with Gasteiger partial charge in [-0.25, -0.2) is 4.98 Å². The lowest BCUT2D eigenvalue weighted by Crippen LogP contribution is -2.23. The molecule has 6 nitrogen and oxygen atoms in total. The quantitative estimate of drug-likeness (QED) is 0.559. The van der Waals surface area contributed by atoms with Crippen LogP contribution in [0.2, 0.25) is 0 Å². The summed E-state index contributed by atoms with van der Waals surface area (Å²) in [4.78, 5) is 32.4. The molecule has 0 saturated carbocycles. The van der Waals surface area contributed by atoms with Gasteiger partial charge in [0.25, 0.3) is 11.1 Å². The van der Waals surface area contributed by atoms with Crippen LogP contribution in [0.5, 0.6) is 5.75 Å². The van der Waals surface area contributed by atoms with Crippen LogP contribution in [0.15, 0.2) is 70.8 Å². The number of pyridine rings is 1. The average molecular weight is 345 g/mol. The van der Waals surface area contributed by atoms with Crippen molar-refractivity contribution in [3.05, 3.63) is 81.9 Å². The van der Waals surface area contributed by atoms with Gasteiger partial charge in [0.2, 0.25) is 0 Å². The number of hydrogen-bond acceptors (Lipinski definition) is 4. The molecule has 0 aliphatic rings. The lowest BCUT2D eigenvalue weighted by atomic mass is 10.1. The van der Waals surface area contributed by atoms with Crippen molar-refractivity contribution in [3.8, 4) is 17.1 Å². The molecule has 0 aliphatic carbocycles. The Bertz CT molecular complexity index is 1290. The number of nitrogens with zero attached hydrogens (tertiary/aromatic N) is 2. The number of rotatable bonds is 3. The molecular formula is C20H15N3O3. The van der Waals surface area contributed by atoms with Crippen molar-refractivity contribution in [1.82, 2.24) is 14.5 Å². The highest BCUT2D eigenvalue weighted by Gasteiger charge is 2.19. The van der Waals surface area contributed by atoms with Crippen molar-refractivity contribution in [2.75, 3.05) is 0 Å². The Kier molecular flexibility index (Phi) is 3.65. The second-order valence-corrected chi connectivity index (χ2v) is 5.88. The van der Waals surface area contributed by atoms with E-state index >= 15 is 0 Å². The van der Waals surface area contributed by atoms with Crippen molar-refractivity contribution in [2.45, 2.75) is 6.54 Å². The summed E-state index contributed by atoms with van der Waals surface area (Å²) in [6.07, 6.45) is 1.60. The Balaban J connectivity index is 2.14. The summed E-state index contributed by atoms with van der Waals surface area (Å²) in [5.41, 5.74) is 0.191. The molecule has 26 heavy (non-hydrogen) atoms. The fourth-order valence-corrected chi connectivity index (χ4v) is 3.12. The van der Waals surface area contributed by atoms with E-state index in [0.717, 1.165) is 0 Å². The van der Waals surface area contributed by atoms with Crippen LogP contribution in [-0.4, -0.2) is 19.6 Å². The molecule has 128 valence electrons. The fourth-order valence-electron chi connectivity index (χ4n) is 3.12. The molecular weight excluding hydrogens is 330 g/mol. The van der Waals surface area contributed by atoms with E-state index in [1.165, 1.54) is 4.57 Å². The van der Waals surface area contributed by atoms with Gasteiger partial charge in [-0.1, -0.05) is 30.3 Å². The Morgan fingerprint density at radius 2 is 1.77 bits per heavy atom. The highest BCUT2D eigenvalue weighted by Crippen LogP contribution is 2.31. The molecule has 2 heterocycles. The zero-order valence-corrected chi connectivity index (χ0v) is 13.8. The Hall–Kier alpha value is -3.67. The number of aromatic amines is 1. The standard InChI is InChI=1S/C20H15N3O3/c1-2-11-23-15-10-6-4-8-13(15)17(24)16(20(23)26)18-21-14-9-5-3-7-12(14)19(25)22-18/h2-10,24H,1,11H2,(H,21,22,25). The third-order valence-corrected chi connectivity index (χ3v) is 4.31. The van der Waals surface area contributed by atoms with Gasteiger partial charge in [0.05, 0.1) is 16.4 Å². The number of aromatic hydroxyl groups is 1. The van der Waals surface area contributed by atoms with E-state index in [9.17, 15) is 14.7 Å². The topological polar surface area (TPSA) is 88.0 Å². The zero-order valence-electron chi connectivity index (χ0n) is 13.8. The lowest BCUT2D eigenvalue weighted by molar-refractivity contribution is 0.481. The third kappa shape index (κ3) is 2.31. The van der Waals surface area contributed by atoms with E-state index in [2.05, 4.69) is 16.5 Å². The first-order valence-electron chi connectivity index (χ1n) is 8.06. The third-order valence-electron chi connectivity index (χ3n) is 4.31. The number of benzene rings is 2. The first-order valence-corrected chi connectivity index (χ1v) is 8.06. The molecule has 0 saturated heterocycles. The van der Waals surface area contributed by atoms with Crippen molar-refractivity contribution >= 4 is 21.8 Å². The number of para-hydroxylation sites is 2. The summed E-state index contributed by atoms with van der Waals surface area (Å²) in [5, 5.41) is 11.7. The van der Waals surface area contributed by atoms with E-state index in [1.807, 2.05) is 0 Å². The predicted octanol–water partition coefficient (Wildman–Crippen LogP) is 2.80. The minimum Gasteiger partial charge on any atom is -0.506 e. The molecule has 0 amide bonds. The fraction of sp³-hybridized carbons (Fsp3) is 0.0500. The van der Waals surface area contributed by atoms with Crippen LogP contribution < -0.4 is 11.1 Å². The van der Waals surface area contributed by atoms with Gasteiger partial charge in [0, 0.05) is 11.9 Å². The second-order valence-electron chi connectivity index (χ2n) is 5.88. The number of aromatic nitrogens is 3. The van der Waals surface area contributed by atoms with Crippen LogP contribution in [0.3, 0.4) is 0 Å². The van der Waals surface area contributed by atoms with Gasteiger partial charge in [-0.3, -0.25) is 9.59 Å². The molecule has 0 bridgehead atoms. The van der Waals surface area contributed by atoms with Crippen molar-refractivity contribution < 1.29 is 5.11 Å². The molecule has 0 unspecified atom stereocenters. The zero-order chi connectivity index (χ0) is 18.3. The van der Waals surface area contributed by atoms with Gasteiger partial charge in [-0.05, 0) is 24.3 Å². The van der Waals surface area contributed by atoms with Crippen molar-refractivity contribution in [1.29, 1.82) is 0 Å². The van der Waals surface area contributed by atoms with Gasteiger partial charge < -0.3 is 14.7 Å². The Labute approximate surface area is 147 Å². The smallest absolute Gasteiger partial charge is 0.266 e. The van der Waals surface area contributed by atoms with Crippen LogP contribution in [0.1, 0.15) is 0 Å². The van der Waals surface area contributed by atoms with Crippen LogP contribution in [0.4, 0.5) is 0 Å². The normalized spacial score (nSPS) is 11.1. The van der Waals surface area contributed by atoms with Gasteiger partial charge in [-0.15, -0.1) is 6.58 Å². The highest BCUT2D eigenvalue weighted by atomic mass is 16.3. The lowest BCUT2D eigenvalue weighted by Gasteiger charge is -2.13. The largest absolute Gasteiger partial charge is 0.506 e. The molecule has 0 radical (unpaired) electrons. The summed E-state index contributed by atoms with van der Waals surface area (Å²) in [7, 11) is 0. The maximum atomic E-state index is 13.0. The van der Waals surface area contributed by atoms with Crippen molar-refractivity contribution in [3.63, 3.8) is 0 Å². The second kappa shape index (κ2) is 6.00. The van der Waals surface area contributed by atoms with Gasteiger partial charge in [0.1, 0.15) is 17.1 Å². The number of H-pyrrole nitrogens is 1. The summed E-state index contributed by atoms with van der Waals surface area (Å²) >= 11 is 0. The molecule has 6 heteroatoms. The minimum atomic E-state index is -0.445. The summed E-state index contributed by atoms with van der Waals surface area (Å²) in [6.45, 7) is 3.96. The van der Waals surface area contributed by atoms with E-state index in [1.54, 1.807) is 54.6 Å². The number of allylic oxidation sites excluding steroid dienone is 1. The number of hydrogen-bond donors (Lipinski definition) is 2. The maximum absolute atomic E-state index is 13.0. The monoisotopic (exact) mass is 345 g/mol. The van der Waals surface area contributed by atoms with Gasteiger partial charge >= 0.3 is 0 Å². The predicted molar refractivity (Wildman–Crippen MR) is 101 cm³/mol. The van der Waals surface area contributed by atoms with Gasteiger partial charge in [-0.2, -0.15) is 0 Å². The Morgan fingerprint density at radius 3 is 2.54 bits per heavy atom. The minimum absolute atomic E-state index is 0.0339. The van der Waals surface area contributed by atoms with E-state index in [0.29, 0.717) is 21.8 Å². The molecule has 0 atom stereocenters. The molecule has 0 spiro atoms. The molecule has 2 N–H and O–H groups in total. The molecule has 2 aromatic carbocycles. The molecule has 4 rings (SSSR count). The summed E-state index contributed by atoms with van der Waals surface area (Å²) < 4.78 is 1.49.